The number of hydrogen-bond acceptors (Lipinski definition) is 4. The van der Waals surface area contributed by atoms with Crippen molar-refractivity contribution in [2.24, 2.45) is 11.8 Å². The molecule has 6 heteroatoms. The zero-order valence-electron chi connectivity index (χ0n) is 19.5. The third-order valence-corrected chi connectivity index (χ3v) is 6.29. The molecule has 1 N–H and O–H groups in total. The predicted molar refractivity (Wildman–Crippen MR) is 118 cm³/mol. The summed E-state index contributed by atoms with van der Waals surface area (Å²) in [5.41, 5.74) is 3.48. The SMILES string of the molecule is CCC(CC)C(CNC(=O)CCc1c(C)nn(CC(C)C)c1C)N1CCOCC1. The van der Waals surface area contributed by atoms with Crippen LogP contribution in [0.3, 0.4) is 0 Å². The molecule has 0 saturated carbocycles. The number of hydrogen-bond donors (Lipinski definition) is 1. The molecule has 0 aromatic carbocycles. The van der Waals surface area contributed by atoms with Crippen LogP contribution in [-0.4, -0.2) is 59.5 Å². The summed E-state index contributed by atoms with van der Waals surface area (Å²) >= 11 is 0. The van der Waals surface area contributed by atoms with Crippen LogP contribution >= 0.6 is 0 Å². The molecule has 1 aliphatic heterocycles. The van der Waals surface area contributed by atoms with Gasteiger partial charge in [-0.3, -0.25) is 14.4 Å². The second-order valence-corrected chi connectivity index (χ2v) is 8.82. The van der Waals surface area contributed by atoms with Crippen molar-refractivity contribution >= 4 is 5.91 Å². The van der Waals surface area contributed by atoms with Gasteiger partial charge in [0.05, 0.1) is 18.9 Å². The van der Waals surface area contributed by atoms with E-state index in [4.69, 9.17) is 4.74 Å². The maximum absolute atomic E-state index is 12.6. The molecule has 1 aromatic rings. The molecular weight excluding hydrogens is 364 g/mol. The molecule has 6 nitrogen and oxygen atoms in total. The van der Waals surface area contributed by atoms with Gasteiger partial charge in [0.15, 0.2) is 0 Å². The largest absolute Gasteiger partial charge is 0.379 e. The fourth-order valence-corrected chi connectivity index (χ4v) is 4.50. The van der Waals surface area contributed by atoms with Crippen molar-refractivity contribution in [1.29, 1.82) is 0 Å². The fraction of sp³-hybridized carbons (Fsp3) is 0.826. The van der Waals surface area contributed by atoms with Gasteiger partial charge in [0.2, 0.25) is 5.91 Å². The number of carbonyl (C=O) groups excluding carboxylic acids is 1. The van der Waals surface area contributed by atoms with Crippen LogP contribution in [0.25, 0.3) is 0 Å². The van der Waals surface area contributed by atoms with Gasteiger partial charge in [-0.2, -0.15) is 5.10 Å². The molecule has 1 atom stereocenters. The first-order chi connectivity index (χ1) is 13.9. The first-order valence-electron chi connectivity index (χ1n) is 11.5. The number of morpholine rings is 1. The molecule has 1 aliphatic rings. The molecule has 1 unspecified atom stereocenters. The number of amides is 1. The summed E-state index contributed by atoms with van der Waals surface area (Å²) in [4.78, 5) is 15.1. The standard InChI is InChI=1S/C23H42N4O2/c1-7-20(8-2)22(26-11-13-29-14-12-26)15-24-23(28)10-9-21-18(5)25-27(19(21)6)16-17(3)4/h17,20,22H,7-16H2,1-6H3,(H,24,28). The number of nitrogens with one attached hydrogen (secondary N) is 1. The number of rotatable bonds is 11. The van der Waals surface area contributed by atoms with E-state index < -0.39 is 0 Å². The van der Waals surface area contributed by atoms with Gasteiger partial charge in [-0.25, -0.2) is 0 Å². The van der Waals surface area contributed by atoms with Gasteiger partial charge in [-0.1, -0.05) is 40.5 Å². The maximum atomic E-state index is 12.6. The highest BCUT2D eigenvalue weighted by Gasteiger charge is 2.27. The van der Waals surface area contributed by atoms with E-state index in [-0.39, 0.29) is 5.91 Å². The van der Waals surface area contributed by atoms with Gasteiger partial charge in [-0.15, -0.1) is 0 Å². The molecule has 0 aliphatic carbocycles. The molecule has 0 radical (unpaired) electrons. The Kier molecular flexibility index (Phi) is 9.63. The Hall–Kier alpha value is -1.40. The van der Waals surface area contributed by atoms with Gasteiger partial charge < -0.3 is 10.1 Å². The summed E-state index contributed by atoms with van der Waals surface area (Å²) in [6, 6.07) is 0.398. The van der Waals surface area contributed by atoms with Crippen LogP contribution in [0.15, 0.2) is 0 Å². The first-order valence-corrected chi connectivity index (χ1v) is 11.5. The fourth-order valence-electron chi connectivity index (χ4n) is 4.50. The quantitative estimate of drug-likeness (QED) is 0.612. The third-order valence-electron chi connectivity index (χ3n) is 6.29. The summed E-state index contributed by atoms with van der Waals surface area (Å²) in [6.45, 7) is 18.3. The van der Waals surface area contributed by atoms with Crippen molar-refractivity contribution in [3.63, 3.8) is 0 Å². The minimum atomic E-state index is 0.143. The van der Waals surface area contributed by atoms with Crippen LogP contribution < -0.4 is 5.32 Å². The van der Waals surface area contributed by atoms with Crippen LogP contribution in [0.2, 0.25) is 0 Å². The lowest BCUT2D eigenvalue weighted by Crippen LogP contribution is -2.52. The Bertz CT molecular complexity index is 631. The molecule has 1 saturated heterocycles. The summed E-state index contributed by atoms with van der Waals surface area (Å²) < 4.78 is 7.61. The minimum absolute atomic E-state index is 0.143. The van der Waals surface area contributed by atoms with Crippen molar-refractivity contribution in [3.05, 3.63) is 17.0 Å². The summed E-state index contributed by atoms with van der Waals surface area (Å²) in [7, 11) is 0. The second kappa shape index (κ2) is 11.7. The zero-order chi connectivity index (χ0) is 21.4. The first kappa shape index (κ1) is 23.9. The minimum Gasteiger partial charge on any atom is -0.379 e. The van der Waals surface area contributed by atoms with Crippen molar-refractivity contribution in [2.45, 2.75) is 79.8 Å². The van der Waals surface area contributed by atoms with Crippen molar-refractivity contribution in [2.75, 3.05) is 32.8 Å². The maximum Gasteiger partial charge on any atom is 0.220 e. The molecule has 1 amide bonds. The van der Waals surface area contributed by atoms with Crippen molar-refractivity contribution < 1.29 is 9.53 Å². The molecule has 0 bridgehead atoms. The predicted octanol–water partition coefficient (Wildman–Crippen LogP) is 3.34. The van der Waals surface area contributed by atoms with Gasteiger partial charge in [-0.05, 0) is 37.7 Å². The molecule has 2 rings (SSSR count). The van der Waals surface area contributed by atoms with Gasteiger partial charge in [0.25, 0.3) is 0 Å². The van der Waals surface area contributed by atoms with Gasteiger partial charge >= 0.3 is 0 Å². The Morgan fingerprint density at radius 3 is 2.41 bits per heavy atom. The van der Waals surface area contributed by atoms with Crippen LogP contribution in [0, 0.1) is 25.7 Å². The number of carbonyl (C=O) groups is 1. The number of aromatic nitrogens is 2. The molecule has 1 fully saturated rings. The topological polar surface area (TPSA) is 59.4 Å². The monoisotopic (exact) mass is 406 g/mol. The van der Waals surface area contributed by atoms with E-state index in [9.17, 15) is 4.79 Å². The molecule has 1 aromatic heterocycles. The second-order valence-electron chi connectivity index (χ2n) is 8.82. The van der Waals surface area contributed by atoms with E-state index in [1.165, 1.54) is 11.3 Å². The van der Waals surface area contributed by atoms with E-state index in [1.54, 1.807) is 0 Å². The van der Waals surface area contributed by atoms with E-state index in [0.29, 0.717) is 24.3 Å². The molecule has 2 heterocycles. The summed E-state index contributed by atoms with van der Waals surface area (Å²) in [6.07, 6.45) is 3.56. The van der Waals surface area contributed by atoms with E-state index in [1.807, 2.05) is 0 Å². The van der Waals surface area contributed by atoms with E-state index >= 15 is 0 Å². The Morgan fingerprint density at radius 1 is 1.17 bits per heavy atom. The normalized spacial score (nSPS) is 16.6. The third kappa shape index (κ3) is 6.82. The average molecular weight is 407 g/mol. The summed E-state index contributed by atoms with van der Waals surface area (Å²) in [5.74, 6) is 1.31. The molecular formula is C23H42N4O2. The molecule has 0 spiro atoms. The van der Waals surface area contributed by atoms with Gasteiger partial charge in [0.1, 0.15) is 0 Å². The highest BCUT2D eigenvalue weighted by Crippen LogP contribution is 2.20. The smallest absolute Gasteiger partial charge is 0.220 e. The van der Waals surface area contributed by atoms with E-state index in [2.05, 4.69) is 61.5 Å². The Labute approximate surface area is 177 Å². The van der Waals surface area contributed by atoms with Crippen LogP contribution in [0.5, 0.6) is 0 Å². The Morgan fingerprint density at radius 2 is 1.83 bits per heavy atom. The molecule has 166 valence electrons. The highest BCUT2D eigenvalue weighted by molar-refractivity contribution is 5.76. The van der Waals surface area contributed by atoms with Crippen LogP contribution in [0.4, 0.5) is 0 Å². The van der Waals surface area contributed by atoms with E-state index in [0.717, 1.165) is 64.3 Å². The molecule has 29 heavy (non-hydrogen) atoms. The number of ether oxygens (including phenoxy) is 1. The lowest BCUT2D eigenvalue weighted by molar-refractivity contribution is -0.121. The van der Waals surface area contributed by atoms with Crippen LogP contribution in [0.1, 0.15) is 63.9 Å². The Balaban J connectivity index is 1.91. The summed E-state index contributed by atoms with van der Waals surface area (Å²) in [5, 5.41) is 7.90. The van der Waals surface area contributed by atoms with Crippen LogP contribution in [-0.2, 0) is 22.5 Å². The average Bonchev–Trinajstić information content (AvgIpc) is 2.96. The van der Waals surface area contributed by atoms with Crippen molar-refractivity contribution in [3.8, 4) is 0 Å². The lowest BCUT2D eigenvalue weighted by atomic mass is 9.92. The van der Waals surface area contributed by atoms with Gasteiger partial charge in [0, 0.05) is 44.3 Å². The lowest BCUT2D eigenvalue weighted by Gasteiger charge is -2.38. The number of aryl methyl sites for hydroxylation is 1. The number of nitrogens with zero attached hydrogens (tertiary/aromatic N) is 3. The highest BCUT2D eigenvalue weighted by atomic mass is 16.5. The van der Waals surface area contributed by atoms with Crippen molar-refractivity contribution in [1.82, 2.24) is 20.0 Å². The zero-order valence-corrected chi connectivity index (χ0v) is 19.5.